The first-order valence-electron chi connectivity index (χ1n) is 12.0. The van der Waals surface area contributed by atoms with Crippen LogP contribution in [-0.4, -0.2) is 67.9 Å². The summed E-state index contributed by atoms with van der Waals surface area (Å²) in [6, 6.07) is 8.72. The Morgan fingerprint density at radius 1 is 1.10 bits per heavy atom. The second-order valence-electron chi connectivity index (χ2n) is 9.24. The highest BCUT2D eigenvalue weighted by molar-refractivity contribution is 5.90. The van der Waals surface area contributed by atoms with E-state index < -0.39 is 0 Å². The third-order valence-electron chi connectivity index (χ3n) is 6.55. The molecule has 1 aromatic carbocycles. The van der Waals surface area contributed by atoms with Gasteiger partial charge < -0.3 is 19.9 Å². The monoisotopic (exact) mass is 424 g/mol. The van der Waals surface area contributed by atoms with Gasteiger partial charge in [-0.25, -0.2) is 9.97 Å². The number of quaternary nitrogens is 1. The van der Waals surface area contributed by atoms with Crippen LogP contribution in [0.15, 0.2) is 24.3 Å². The minimum absolute atomic E-state index is 0.159. The highest BCUT2D eigenvalue weighted by Gasteiger charge is 2.29. The van der Waals surface area contributed by atoms with Crippen molar-refractivity contribution in [2.75, 3.05) is 50.8 Å². The highest BCUT2D eigenvalue weighted by atomic mass is 16.5. The number of hydrogen-bond donors (Lipinski definition) is 2. The van der Waals surface area contributed by atoms with Crippen molar-refractivity contribution < 1.29 is 14.4 Å². The third kappa shape index (κ3) is 5.52. The number of rotatable bonds is 10. The average Bonchev–Trinajstić information content (AvgIpc) is 3.71. The molecule has 0 bridgehead atoms. The molecule has 1 amide bonds. The maximum absolute atomic E-state index is 12.4. The van der Waals surface area contributed by atoms with E-state index in [2.05, 4.69) is 28.4 Å². The lowest BCUT2D eigenvalue weighted by atomic mass is 10.2. The van der Waals surface area contributed by atoms with E-state index in [1.165, 1.54) is 12.8 Å². The predicted octanol–water partition coefficient (Wildman–Crippen LogP) is 1.29. The van der Waals surface area contributed by atoms with Crippen molar-refractivity contribution in [2.45, 2.75) is 50.5 Å². The number of nitrogens with zero attached hydrogens (tertiary/aromatic N) is 3. The van der Waals surface area contributed by atoms with Gasteiger partial charge in [-0.1, -0.05) is 12.1 Å². The summed E-state index contributed by atoms with van der Waals surface area (Å²) in [6.07, 6.45) is 6.21. The summed E-state index contributed by atoms with van der Waals surface area (Å²) in [5.41, 5.74) is 1.01. The topological polar surface area (TPSA) is 71.8 Å². The molecule has 3 aliphatic rings. The molecule has 1 aliphatic heterocycles. The SMILES string of the molecule is O=C(CCN(CCC[NH+]1CCOCC1)c1nc(C2CC2)nc2ccccc12)NC1CC1. The molecule has 7 heteroatoms. The molecule has 0 spiro atoms. The number of carbonyl (C=O) groups excluding carboxylic acids is 1. The fourth-order valence-electron chi connectivity index (χ4n) is 4.36. The van der Waals surface area contributed by atoms with Crippen LogP contribution < -0.4 is 15.1 Å². The van der Waals surface area contributed by atoms with Crippen molar-refractivity contribution >= 4 is 22.6 Å². The van der Waals surface area contributed by atoms with Crippen LogP contribution in [0.3, 0.4) is 0 Å². The first-order chi connectivity index (χ1) is 15.3. The first kappa shape index (κ1) is 20.6. The molecular weight excluding hydrogens is 390 g/mol. The van der Waals surface area contributed by atoms with Crippen LogP contribution in [-0.2, 0) is 9.53 Å². The lowest BCUT2D eigenvalue weighted by Gasteiger charge is -2.28. The number of ether oxygens (including phenoxy) is 1. The van der Waals surface area contributed by atoms with E-state index in [0.29, 0.717) is 24.9 Å². The Hall–Kier alpha value is -2.25. The van der Waals surface area contributed by atoms with E-state index in [-0.39, 0.29) is 5.91 Å². The van der Waals surface area contributed by atoms with E-state index in [9.17, 15) is 4.79 Å². The van der Waals surface area contributed by atoms with Gasteiger partial charge in [0.1, 0.15) is 24.7 Å². The molecule has 2 heterocycles. The van der Waals surface area contributed by atoms with Crippen molar-refractivity contribution in [1.82, 2.24) is 15.3 Å². The summed E-state index contributed by atoms with van der Waals surface area (Å²) >= 11 is 0. The van der Waals surface area contributed by atoms with Gasteiger partial charge >= 0.3 is 0 Å². The second kappa shape index (κ2) is 9.49. The summed E-state index contributed by atoms with van der Waals surface area (Å²) in [5, 5.41) is 4.22. The van der Waals surface area contributed by atoms with Gasteiger partial charge in [0.15, 0.2) is 0 Å². The molecular formula is C24H34N5O2+. The highest BCUT2D eigenvalue weighted by Crippen LogP contribution is 2.39. The fourth-order valence-corrected chi connectivity index (χ4v) is 4.36. The zero-order valence-electron chi connectivity index (χ0n) is 18.3. The molecule has 1 saturated heterocycles. The van der Waals surface area contributed by atoms with E-state index >= 15 is 0 Å². The molecule has 1 aromatic heterocycles. The maximum Gasteiger partial charge on any atom is 0.221 e. The predicted molar refractivity (Wildman–Crippen MR) is 121 cm³/mol. The lowest BCUT2D eigenvalue weighted by molar-refractivity contribution is -0.908. The summed E-state index contributed by atoms with van der Waals surface area (Å²) < 4.78 is 5.50. The van der Waals surface area contributed by atoms with E-state index in [1.54, 1.807) is 4.90 Å². The van der Waals surface area contributed by atoms with E-state index in [4.69, 9.17) is 14.7 Å². The lowest BCUT2D eigenvalue weighted by Crippen LogP contribution is -3.14. The minimum Gasteiger partial charge on any atom is -0.370 e. The first-order valence-corrected chi connectivity index (χ1v) is 12.0. The standard InChI is InChI=1S/C24H33N5O2/c30-22(25-19-8-9-19)10-13-29(12-3-11-28-14-16-31-17-15-28)24-20-4-1-2-5-21(20)26-23(27-24)18-6-7-18/h1-2,4-5,18-19H,3,6-17H2,(H,25,30)/p+1. The molecule has 0 atom stereocenters. The third-order valence-corrected chi connectivity index (χ3v) is 6.55. The minimum atomic E-state index is 0.159. The maximum atomic E-state index is 12.4. The Morgan fingerprint density at radius 2 is 1.90 bits per heavy atom. The zero-order valence-corrected chi connectivity index (χ0v) is 18.3. The molecule has 2 saturated carbocycles. The quantitative estimate of drug-likeness (QED) is 0.601. The number of carbonyl (C=O) groups is 1. The van der Waals surface area contributed by atoms with Crippen LogP contribution in [0.4, 0.5) is 5.82 Å². The molecule has 2 N–H and O–H groups in total. The Kier molecular flexibility index (Phi) is 6.32. The largest absolute Gasteiger partial charge is 0.370 e. The summed E-state index contributed by atoms with van der Waals surface area (Å²) in [4.78, 5) is 26.2. The van der Waals surface area contributed by atoms with E-state index in [0.717, 1.165) is 81.2 Å². The van der Waals surface area contributed by atoms with Crippen LogP contribution in [0.25, 0.3) is 10.9 Å². The number of fused-ring (bicyclic) bond motifs is 1. The number of hydrogen-bond acceptors (Lipinski definition) is 5. The number of aromatic nitrogens is 2. The zero-order chi connectivity index (χ0) is 21.0. The Morgan fingerprint density at radius 3 is 2.68 bits per heavy atom. The number of nitrogens with one attached hydrogen (secondary N) is 2. The summed E-state index contributed by atoms with van der Waals surface area (Å²) in [7, 11) is 0. The molecule has 0 radical (unpaired) electrons. The van der Waals surface area contributed by atoms with Gasteiger partial charge in [-0.2, -0.15) is 0 Å². The van der Waals surface area contributed by atoms with Crippen LogP contribution >= 0.6 is 0 Å². The van der Waals surface area contributed by atoms with Crippen molar-refractivity contribution in [3.63, 3.8) is 0 Å². The van der Waals surface area contributed by atoms with Gasteiger partial charge in [-0.05, 0) is 37.8 Å². The van der Waals surface area contributed by atoms with Gasteiger partial charge in [0.2, 0.25) is 5.91 Å². The van der Waals surface area contributed by atoms with Gasteiger partial charge in [0.05, 0.1) is 25.3 Å². The molecule has 0 unspecified atom stereocenters. The van der Waals surface area contributed by atoms with Gasteiger partial charge in [-0.15, -0.1) is 0 Å². The average molecular weight is 425 g/mol. The van der Waals surface area contributed by atoms with Crippen molar-refractivity contribution in [3.05, 3.63) is 30.1 Å². The van der Waals surface area contributed by atoms with Gasteiger partial charge in [0, 0.05) is 43.3 Å². The Labute approximate surface area is 184 Å². The summed E-state index contributed by atoms with van der Waals surface area (Å²) in [5.74, 6) is 2.64. The van der Waals surface area contributed by atoms with Gasteiger partial charge in [-0.3, -0.25) is 4.79 Å². The van der Waals surface area contributed by atoms with Crippen molar-refractivity contribution in [1.29, 1.82) is 0 Å². The molecule has 3 fully saturated rings. The second-order valence-corrected chi connectivity index (χ2v) is 9.24. The van der Waals surface area contributed by atoms with Crippen LogP contribution in [0.5, 0.6) is 0 Å². The number of amides is 1. The number of para-hydroxylation sites is 1. The van der Waals surface area contributed by atoms with Crippen LogP contribution in [0, 0.1) is 0 Å². The summed E-state index contributed by atoms with van der Waals surface area (Å²) in [6.45, 7) is 6.64. The Bertz CT molecular complexity index is 906. The number of anilines is 1. The fraction of sp³-hybridized carbons (Fsp3) is 0.625. The molecule has 31 heavy (non-hydrogen) atoms. The Balaban J connectivity index is 1.33. The molecule has 5 rings (SSSR count). The molecule has 2 aromatic rings. The van der Waals surface area contributed by atoms with Crippen molar-refractivity contribution in [3.8, 4) is 0 Å². The molecule has 166 valence electrons. The van der Waals surface area contributed by atoms with Gasteiger partial charge in [0.25, 0.3) is 0 Å². The van der Waals surface area contributed by atoms with Crippen molar-refractivity contribution in [2.24, 2.45) is 0 Å². The molecule has 2 aliphatic carbocycles. The van der Waals surface area contributed by atoms with E-state index in [1.807, 2.05) is 6.07 Å². The number of benzene rings is 1. The van der Waals surface area contributed by atoms with Crippen LogP contribution in [0.1, 0.15) is 50.3 Å². The number of morpholine rings is 1. The normalized spacial score (nSPS) is 19.5. The molecule has 7 nitrogen and oxygen atoms in total. The van der Waals surface area contributed by atoms with Crippen LogP contribution in [0.2, 0.25) is 0 Å². The smallest absolute Gasteiger partial charge is 0.221 e.